The van der Waals surface area contributed by atoms with Crippen LogP contribution in [0.4, 0.5) is 17.1 Å². The molecule has 2 amide bonds. The Morgan fingerprint density at radius 2 is 1.80 bits per heavy atom. The second-order valence-corrected chi connectivity index (χ2v) is 7.90. The topological polar surface area (TPSA) is 95.6 Å². The third-order valence-corrected chi connectivity index (χ3v) is 6.22. The number of rotatable bonds is 2. The second-order valence-electron chi connectivity index (χ2n) is 6.04. The van der Waals surface area contributed by atoms with Crippen molar-refractivity contribution in [3.8, 4) is 0 Å². The lowest BCUT2D eigenvalue weighted by molar-refractivity contribution is -0.117. The molecule has 0 bridgehead atoms. The predicted octanol–water partition coefficient (Wildman–Crippen LogP) is 1.89. The molecular formula is C17H15N3O4S. The van der Waals surface area contributed by atoms with Gasteiger partial charge >= 0.3 is 0 Å². The van der Waals surface area contributed by atoms with Crippen LogP contribution in [0.25, 0.3) is 0 Å². The van der Waals surface area contributed by atoms with Crippen molar-refractivity contribution in [2.75, 3.05) is 21.5 Å². The predicted molar refractivity (Wildman–Crippen MR) is 93.1 cm³/mol. The first-order valence-electron chi connectivity index (χ1n) is 7.74. The Hall–Kier alpha value is -2.87. The van der Waals surface area contributed by atoms with Crippen LogP contribution in [0.15, 0.2) is 47.4 Å². The molecule has 0 unspecified atom stereocenters. The zero-order chi connectivity index (χ0) is 17.8. The molecule has 2 aromatic rings. The highest BCUT2D eigenvalue weighted by atomic mass is 32.2. The normalized spacial score (nSPS) is 19.1. The Bertz CT molecular complexity index is 1020. The third-order valence-electron chi connectivity index (χ3n) is 4.46. The van der Waals surface area contributed by atoms with E-state index in [1.165, 1.54) is 12.1 Å². The number of amides is 2. The third kappa shape index (κ3) is 2.37. The van der Waals surface area contributed by atoms with Crippen LogP contribution in [-0.2, 0) is 19.6 Å². The summed E-state index contributed by atoms with van der Waals surface area (Å²) >= 11 is 0. The van der Waals surface area contributed by atoms with E-state index in [9.17, 15) is 18.0 Å². The van der Waals surface area contributed by atoms with Crippen molar-refractivity contribution in [2.24, 2.45) is 0 Å². The molecule has 0 radical (unpaired) electrons. The van der Waals surface area contributed by atoms with Crippen molar-refractivity contribution in [3.63, 3.8) is 0 Å². The first-order valence-corrected chi connectivity index (χ1v) is 9.18. The minimum atomic E-state index is -3.94. The highest BCUT2D eigenvalue weighted by Crippen LogP contribution is 2.37. The minimum absolute atomic E-state index is 0.0547. The summed E-state index contributed by atoms with van der Waals surface area (Å²) in [5.74, 6) is -0.969. The maximum atomic E-state index is 13.1. The molecule has 8 heteroatoms. The summed E-state index contributed by atoms with van der Waals surface area (Å²) in [4.78, 5) is 23.8. The van der Waals surface area contributed by atoms with Gasteiger partial charge < -0.3 is 10.6 Å². The van der Waals surface area contributed by atoms with E-state index in [4.69, 9.17) is 0 Å². The van der Waals surface area contributed by atoms with Gasteiger partial charge in [0.05, 0.1) is 22.2 Å². The number of benzene rings is 2. The molecule has 2 N–H and O–H groups in total. The van der Waals surface area contributed by atoms with Gasteiger partial charge in [-0.15, -0.1) is 0 Å². The number of fused-ring (bicyclic) bond motifs is 2. The van der Waals surface area contributed by atoms with Gasteiger partial charge in [-0.2, -0.15) is 0 Å². The number of sulfonamides is 1. The average Bonchev–Trinajstić information content (AvgIpc) is 2.88. The lowest BCUT2D eigenvalue weighted by Crippen LogP contribution is -2.42. The largest absolute Gasteiger partial charge is 0.325 e. The summed E-state index contributed by atoms with van der Waals surface area (Å²) in [5.41, 5.74) is 2.13. The monoisotopic (exact) mass is 357 g/mol. The number of hydrogen-bond donors (Lipinski definition) is 2. The van der Waals surface area contributed by atoms with E-state index in [1.807, 2.05) is 0 Å². The van der Waals surface area contributed by atoms with E-state index in [1.54, 1.807) is 37.3 Å². The van der Waals surface area contributed by atoms with Gasteiger partial charge in [0.2, 0.25) is 11.8 Å². The van der Waals surface area contributed by atoms with Crippen molar-refractivity contribution in [1.82, 2.24) is 0 Å². The minimum Gasteiger partial charge on any atom is -0.325 e. The van der Waals surface area contributed by atoms with Crippen LogP contribution >= 0.6 is 0 Å². The standard InChI is InChI=1S/C17H15N3O4S/c1-10-12-8-11(6-7-13(12)19-17(10)22)25(23,24)20-9-16(21)18-14-4-2-3-5-15(14)20/h2-8,10H,9H2,1H3,(H,18,21)(H,19,22)/t10-/m1/s1. The van der Waals surface area contributed by atoms with Gasteiger partial charge in [-0.25, -0.2) is 8.42 Å². The fourth-order valence-corrected chi connectivity index (χ4v) is 4.58. The zero-order valence-electron chi connectivity index (χ0n) is 13.3. The SMILES string of the molecule is C[C@H]1C(=O)Nc2ccc(S(=O)(=O)N3CC(=O)Nc4ccccc43)cc21. The van der Waals surface area contributed by atoms with Crippen molar-refractivity contribution < 1.29 is 18.0 Å². The average molecular weight is 357 g/mol. The fourth-order valence-electron chi connectivity index (χ4n) is 3.10. The number of hydrogen-bond acceptors (Lipinski definition) is 4. The molecule has 128 valence electrons. The van der Waals surface area contributed by atoms with Crippen molar-refractivity contribution in [1.29, 1.82) is 0 Å². The van der Waals surface area contributed by atoms with E-state index < -0.39 is 21.8 Å². The van der Waals surface area contributed by atoms with Gasteiger partial charge in [0.25, 0.3) is 10.0 Å². The maximum Gasteiger partial charge on any atom is 0.264 e. The van der Waals surface area contributed by atoms with E-state index in [-0.39, 0.29) is 17.3 Å². The number of carbonyl (C=O) groups excluding carboxylic acids is 2. The zero-order valence-corrected chi connectivity index (χ0v) is 14.1. The van der Waals surface area contributed by atoms with Gasteiger partial charge in [-0.1, -0.05) is 12.1 Å². The Morgan fingerprint density at radius 1 is 1.04 bits per heavy atom. The van der Waals surface area contributed by atoms with Gasteiger partial charge in [0.1, 0.15) is 6.54 Å². The summed E-state index contributed by atoms with van der Waals surface area (Å²) in [5, 5.41) is 5.38. The molecule has 0 aromatic heterocycles. The van der Waals surface area contributed by atoms with Crippen molar-refractivity contribution >= 4 is 38.9 Å². The summed E-state index contributed by atoms with van der Waals surface area (Å²) in [6.07, 6.45) is 0. The van der Waals surface area contributed by atoms with Crippen LogP contribution in [-0.4, -0.2) is 26.8 Å². The molecule has 2 aromatic carbocycles. The highest BCUT2D eigenvalue weighted by molar-refractivity contribution is 7.92. The molecule has 0 saturated carbocycles. The lowest BCUT2D eigenvalue weighted by atomic mass is 10.0. The maximum absolute atomic E-state index is 13.1. The molecular weight excluding hydrogens is 342 g/mol. The fraction of sp³-hybridized carbons (Fsp3) is 0.176. The Labute approximate surface area is 144 Å². The molecule has 25 heavy (non-hydrogen) atoms. The number of para-hydroxylation sites is 2. The van der Waals surface area contributed by atoms with Crippen molar-refractivity contribution in [3.05, 3.63) is 48.0 Å². The summed E-state index contributed by atoms with van der Waals surface area (Å²) in [6.45, 7) is 1.43. The van der Waals surface area contributed by atoms with Crippen LogP contribution in [0.3, 0.4) is 0 Å². The summed E-state index contributed by atoms with van der Waals surface area (Å²) in [7, 11) is -3.94. The quantitative estimate of drug-likeness (QED) is 0.858. The van der Waals surface area contributed by atoms with Gasteiger partial charge in [0, 0.05) is 5.69 Å². The summed E-state index contributed by atoms with van der Waals surface area (Å²) < 4.78 is 27.3. The van der Waals surface area contributed by atoms with Gasteiger partial charge in [-0.3, -0.25) is 13.9 Å². The van der Waals surface area contributed by atoms with Crippen LogP contribution < -0.4 is 14.9 Å². The van der Waals surface area contributed by atoms with Crippen LogP contribution in [0.5, 0.6) is 0 Å². The molecule has 4 rings (SSSR count). The van der Waals surface area contributed by atoms with E-state index in [2.05, 4.69) is 10.6 Å². The Balaban J connectivity index is 1.82. The smallest absolute Gasteiger partial charge is 0.264 e. The van der Waals surface area contributed by atoms with Crippen molar-refractivity contribution in [2.45, 2.75) is 17.7 Å². The summed E-state index contributed by atoms with van der Waals surface area (Å²) in [6, 6.07) is 11.3. The molecule has 0 spiro atoms. The number of nitrogens with one attached hydrogen (secondary N) is 2. The lowest BCUT2D eigenvalue weighted by Gasteiger charge is -2.30. The first-order chi connectivity index (χ1) is 11.9. The van der Waals surface area contributed by atoms with Crippen LogP contribution in [0.1, 0.15) is 18.4 Å². The molecule has 2 aliphatic heterocycles. The number of carbonyl (C=O) groups is 2. The Kier molecular flexibility index (Phi) is 3.33. The highest BCUT2D eigenvalue weighted by Gasteiger charge is 2.34. The molecule has 7 nitrogen and oxygen atoms in total. The molecule has 2 heterocycles. The molecule has 0 fully saturated rings. The number of nitrogens with zero attached hydrogens (tertiary/aromatic N) is 1. The molecule has 2 aliphatic rings. The second kappa shape index (κ2) is 5.32. The Morgan fingerprint density at radius 3 is 2.60 bits per heavy atom. The van der Waals surface area contributed by atoms with Crippen LogP contribution in [0, 0.1) is 0 Å². The number of anilines is 3. The van der Waals surface area contributed by atoms with Crippen LogP contribution in [0.2, 0.25) is 0 Å². The van der Waals surface area contributed by atoms with Gasteiger partial charge in [0.15, 0.2) is 0 Å². The van der Waals surface area contributed by atoms with E-state index >= 15 is 0 Å². The first kappa shape index (κ1) is 15.6. The molecule has 0 saturated heterocycles. The van der Waals surface area contributed by atoms with E-state index in [0.717, 1.165) is 4.31 Å². The van der Waals surface area contributed by atoms with Gasteiger partial charge in [-0.05, 0) is 42.8 Å². The molecule has 1 atom stereocenters. The molecule has 0 aliphatic carbocycles. The van der Waals surface area contributed by atoms with E-state index in [0.29, 0.717) is 22.6 Å².